The zero-order valence-electron chi connectivity index (χ0n) is 20.7. The fourth-order valence-electron chi connectivity index (χ4n) is 4.28. The lowest BCUT2D eigenvalue weighted by Crippen LogP contribution is -2.45. The van der Waals surface area contributed by atoms with E-state index in [4.69, 9.17) is 14.5 Å². The molecule has 1 aliphatic rings. The number of thiazole rings is 1. The van der Waals surface area contributed by atoms with Gasteiger partial charge in [0.25, 0.3) is 5.91 Å². The molecule has 2 aromatic heterocycles. The Kier molecular flexibility index (Phi) is 7.00. The molecular formula is C29H29N3O3S. The Morgan fingerprint density at radius 3 is 2.69 bits per heavy atom. The molecule has 7 heteroatoms. The highest BCUT2D eigenvalue weighted by Crippen LogP contribution is 2.40. The molecule has 36 heavy (non-hydrogen) atoms. The van der Waals surface area contributed by atoms with Gasteiger partial charge >= 0.3 is 0 Å². The first-order valence-corrected chi connectivity index (χ1v) is 13.1. The first-order valence-electron chi connectivity index (χ1n) is 12.3. The average molecular weight is 500 g/mol. The van der Waals surface area contributed by atoms with E-state index >= 15 is 0 Å². The zero-order valence-corrected chi connectivity index (χ0v) is 21.5. The molecule has 0 radical (unpaired) electrons. The summed E-state index contributed by atoms with van der Waals surface area (Å²) in [4.78, 5) is 25.3. The summed E-state index contributed by atoms with van der Waals surface area (Å²) in [6.45, 7) is 7.06. The molecule has 0 aliphatic carbocycles. The number of anilines is 1. The van der Waals surface area contributed by atoms with Crippen LogP contribution in [0.4, 0.5) is 5.69 Å². The molecule has 1 atom stereocenters. The second kappa shape index (κ2) is 10.5. The summed E-state index contributed by atoms with van der Waals surface area (Å²) in [5.74, 6) is 1.51. The third kappa shape index (κ3) is 4.97. The lowest BCUT2D eigenvalue weighted by molar-refractivity contribution is -0.125. The summed E-state index contributed by atoms with van der Waals surface area (Å²) in [5.41, 5.74) is 4.76. The van der Waals surface area contributed by atoms with Gasteiger partial charge in [-0.2, -0.15) is 0 Å². The number of fused-ring (bicyclic) bond motifs is 1. The van der Waals surface area contributed by atoms with Crippen molar-refractivity contribution >= 4 is 22.9 Å². The normalized spacial score (nSPS) is 14.9. The van der Waals surface area contributed by atoms with E-state index < -0.39 is 6.10 Å². The second-order valence-electron chi connectivity index (χ2n) is 8.77. The number of carbonyl (C=O) groups is 1. The second-order valence-corrected chi connectivity index (χ2v) is 9.97. The summed E-state index contributed by atoms with van der Waals surface area (Å²) in [6.07, 6.45) is 2.96. The highest BCUT2D eigenvalue weighted by Gasteiger charge is 2.31. The van der Waals surface area contributed by atoms with Gasteiger partial charge in [-0.3, -0.25) is 9.78 Å². The number of nitrogens with zero attached hydrogens (tertiary/aromatic N) is 3. The van der Waals surface area contributed by atoms with Crippen LogP contribution in [0, 0.1) is 6.92 Å². The highest BCUT2D eigenvalue weighted by molar-refractivity contribution is 7.15. The van der Waals surface area contributed by atoms with E-state index in [1.807, 2.05) is 53.4 Å². The lowest BCUT2D eigenvalue weighted by Gasteiger charge is -2.33. The Morgan fingerprint density at radius 1 is 1.11 bits per heavy atom. The summed E-state index contributed by atoms with van der Waals surface area (Å²) >= 11 is 1.62. The molecule has 0 bridgehead atoms. The fraction of sp³-hybridized carbons (Fsp3) is 0.276. The van der Waals surface area contributed by atoms with Crippen molar-refractivity contribution in [3.8, 4) is 33.5 Å². The molecule has 0 fully saturated rings. The van der Waals surface area contributed by atoms with Gasteiger partial charge in [-0.25, -0.2) is 4.98 Å². The number of amides is 1. The molecule has 3 heterocycles. The minimum atomic E-state index is -0.525. The van der Waals surface area contributed by atoms with Crippen molar-refractivity contribution in [1.82, 2.24) is 9.97 Å². The van der Waals surface area contributed by atoms with E-state index in [1.54, 1.807) is 24.5 Å². The van der Waals surface area contributed by atoms with Crippen LogP contribution in [0.1, 0.15) is 30.7 Å². The molecule has 4 aromatic rings. The van der Waals surface area contributed by atoms with Crippen molar-refractivity contribution in [3.05, 3.63) is 77.3 Å². The number of ether oxygens (including phenoxy) is 2. The van der Waals surface area contributed by atoms with E-state index in [-0.39, 0.29) is 5.91 Å². The van der Waals surface area contributed by atoms with Crippen LogP contribution in [0.5, 0.6) is 11.5 Å². The van der Waals surface area contributed by atoms with Crippen molar-refractivity contribution in [3.63, 3.8) is 0 Å². The number of rotatable bonds is 8. The van der Waals surface area contributed by atoms with Gasteiger partial charge in [0.05, 0.1) is 23.7 Å². The van der Waals surface area contributed by atoms with Crippen LogP contribution in [0.3, 0.4) is 0 Å². The molecule has 0 spiro atoms. The third-order valence-electron chi connectivity index (χ3n) is 6.25. The van der Waals surface area contributed by atoms with Gasteiger partial charge in [0.1, 0.15) is 16.5 Å². The van der Waals surface area contributed by atoms with Gasteiger partial charge in [-0.1, -0.05) is 25.1 Å². The first-order chi connectivity index (χ1) is 17.5. The van der Waals surface area contributed by atoms with Crippen LogP contribution in [-0.2, 0) is 11.2 Å². The van der Waals surface area contributed by atoms with Crippen LogP contribution in [0.2, 0.25) is 0 Å². The number of pyridine rings is 1. The summed E-state index contributed by atoms with van der Waals surface area (Å²) in [6, 6.07) is 19.9. The Bertz CT molecular complexity index is 1350. The van der Waals surface area contributed by atoms with Gasteiger partial charge < -0.3 is 14.4 Å². The summed E-state index contributed by atoms with van der Waals surface area (Å²) in [7, 11) is 0. The Hall–Kier alpha value is -3.71. The molecule has 6 nitrogen and oxygen atoms in total. The predicted molar refractivity (Wildman–Crippen MR) is 144 cm³/mol. The molecule has 1 amide bonds. The first kappa shape index (κ1) is 24.0. The largest absolute Gasteiger partial charge is 0.494 e. The van der Waals surface area contributed by atoms with Crippen molar-refractivity contribution in [2.75, 3.05) is 18.1 Å². The number of benzene rings is 2. The van der Waals surface area contributed by atoms with Gasteiger partial charge in [0.2, 0.25) is 0 Å². The minimum absolute atomic E-state index is 0.0453. The maximum atomic E-state index is 13.1. The van der Waals surface area contributed by atoms with E-state index in [2.05, 4.69) is 31.0 Å². The number of aryl methyl sites for hydroxylation is 2. The van der Waals surface area contributed by atoms with Crippen molar-refractivity contribution < 1.29 is 14.3 Å². The average Bonchev–Trinajstić information content (AvgIpc) is 3.30. The van der Waals surface area contributed by atoms with Crippen LogP contribution in [0.15, 0.2) is 66.9 Å². The smallest absolute Gasteiger partial charge is 0.267 e. The maximum absolute atomic E-state index is 13.1. The predicted octanol–water partition coefficient (Wildman–Crippen LogP) is 6.33. The molecule has 184 valence electrons. The molecule has 0 N–H and O–H groups in total. The molecule has 2 aromatic carbocycles. The molecule has 5 rings (SSSR count). The monoisotopic (exact) mass is 499 g/mol. The molecule has 0 saturated heterocycles. The van der Waals surface area contributed by atoms with Crippen molar-refractivity contribution in [2.24, 2.45) is 0 Å². The van der Waals surface area contributed by atoms with E-state index in [1.165, 1.54) is 5.56 Å². The van der Waals surface area contributed by atoms with Gasteiger partial charge in [-0.05, 0) is 74.7 Å². The number of hydrogen-bond acceptors (Lipinski definition) is 6. The van der Waals surface area contributed by atoms with Gasteiger partial charge in [0.15, 0.2) is 6.10 Å². The summed E-state index contributed by atoms with van der Waals surface area (Å²) < 4.78 is 11.8. The van der Waals surface area contributed by atoms with E-state index in [0.717, 1.165) is 44.7 Å². The maximum Gasteiger partial charge on any atom is 0.267 e. The molecule has 0 saturated carbocycles. The molecular weight excluding hydrogens is 470 g/mol. The standard InChI is InChI=1S/C29H29N3O3S/c1-4-21-9-12-23(13-10-21)34-17-7-16-32-25-18-22(11-14-26(25)35-19(2)29(32)33)27-20(3)36-28(31-27)24-8-5-6-15-30-24/h5-6,8-15,18-19H,4,7,16-17H2,1-3H3. The van der Waals surface area contributed by atoms with Crippen molar-refractivity contribution in [1.29, 1.82) is 0 Å². The fourth-order valence-corrected chi connectivity index (χ4v) is 5.19. The number of aromatic nitrogens is 2. The minimum Gasteiger partial charge on any atom is -0.494 e. The van der Waals surface area contributed by atoms with E-state index in [9.17, 15) is 4.79 Å². The lowest BCUT2D eigenvalue weighted by atomic mass is 10.1. The Morgan fingerprint density at radius 2 is 1.94 bits per heavy atom. The van der Waals surface area contributed by atoms with E-state index in [0.29, 0.717) is 25.3 Å². The van der Waals surface area contributed by atoms with Crippen LogP contribution in [0.25, 0.3) is 22.0 Å². The Balaban J connectivity index is 1.34. The number of hydrogen-bond donors (Lipinski definition) is 0. The summed E-state index contributed by atoms with van der Waals surface area (Å²) in [5, 5.41) is 0.878. The number of carbonyl (C=O) groups excluding carboxylic acids is 1. The quantitative estimate of drug-likeness (QED) is 0.265. The highest BCUT2D eigenvalue weighted by atomic mass is 32.1. The zero-order chi connectivity index (χ0) is 25.1. The van der Waals surface area contributed by atoms with Crippen LogP contribution < -0.4 is 14.4 Å². The molecule has 1 unspecified atom stereocenters. The third-order valence-corrected chi connectivity index (χ3v) is 7.24. The SMILES string of the molecule is CCc1ccc(OCCCN2C(=O)C(C)Oc3ccc(-c4nc(-c5ccccn5)sc4C)cc32)cc1. The molecule has 1 aliphatic heterocycles. The van der Waals surface area contributed by atoms with Gasteiger partial charge in [0, 0.05) is 23.2 Å². The topological polar surface area (TPSA) is 64.5 Å². The van der Waals surface area contributed by atoms with Gasteiger partial charge in [-0.15, -0.1) is 11.3 Å². The Labute approximate surface area is 215 Å². The van der Waals surface area contributed by atoms with Crippen LogP contribution >= 0.6 is 11.3 Å². The van der Waals surface area contributed by atoms with Crippen LogP contribution in [-0.4, -0.2) is 35.1 Å². The van der Waals surface area contributed by atoms with Crippen molar-refractivity contribution in [2.45, 2.75) is 39.7 Å².